The molecule has 0 bridgehead atoms. The minimum absolute atomic E-state index is 0. The van der Waals surface area contributed by atoms with Gasteiger partial charge in [-0.3, -0.25) is 0 Å². The molecule has 0 spiro atoms. The molecule has 0 radical (unpaired) electrons. The van der Waals surface area contributed by atoms with Crippen LogP contribution in [-0.4, -0.2) is 42.6 Å². The van der Waals surface area contributed by atoms with Crippen LogP contribution >= 0.6 is 87.1 Å². The van der Waals surface area contributed by atoms with Crippen LogP contribution in [0.2, 0.25) is 0 Å². The minimum Gasteiger partial charge on any atom is -0.529 e. The number of hydrogen-bond acceptors (Lipinski definition) is 12. The summed E-state index contributed by atoms with van der Waals surface area (Å²) in [6, 6.07) is 0. The maximum atomic E-state index is 10.3. The second kappa shape index (κ2) is 14.3. The van der Waals surface area contributed by atoms with E-state index in [-0.39, 0.29) is 19.5 Å². The van der Waals surface area contributed by atoms with Crippen molar-refractivity contribution >= 4 is 99.3 Å². The van der Waals surface area contributed by atoms with Gasteiger partial charge < -0.3 is 19.8 Å². The Labute approximate surface area is 167 Å². The summed E-state index contributed by atoms with van der Waals surface area (Å²) in [7, 11) is 11.0. The molecule has 0 unspecified atom stereocenters. The van der Waals surface area contributed by atoms with E-state index in [1.54, 1.807) is 0 Å². The summed E-state index contributed by atoms with van der Waals surface area (Å²) in [5.41, 5.74) is 0. The zero-order valence-corrected chi connectivity index (χ0v) is 19.8. The molecular formula is C6H8N2O4S8Zn. The minimum atomic E-state index is -1.13. The van der Waals surface area contributed by atoms with Crippen LogP contribution in [0, 0.1) is 0 Å². The Morgan fingerprint density at radius 1 is 0.667 bits per heavy atom. The quantitative estimate of drug-likeness (QED) is 0.282. The van der Waals surface area contributed by atoms with Crippen LogP contribution < -0.4 is 10.2 Å². The molecule has 2 heterocycles. The number of rotatable bonds is 0. The van der Waals surface area contributed by atoms with Crippen molar-refractivity contribution in [2.24, 2.45) is 0 Å². The molecule has 0 aromatic rings. The van der Waals surface area contributed by atoms with E-state index in [0.717, 1.165) is 30.4 Å². The van der Waals surface area contributed by atoms with E-state index in [1.165, 1.54) is 87.1 Å². The van der Waals surface area contributed by atoms with Gasteiger partial charge in [0.05, 0.1) is 0 Å². The van der Waals surface area contributed by atoms with Crippen LogP contribution in [-0.2, 0) is 19.5 Å². The topological polar surface area (TPSA) is 86.7 Å². The third kappa shape index (κ3) is 11.2. The zero-order chi connectivity index (χ0) is 14.8. The van der Waals surface area contributed by atoms with Gasteiger partial charge in [-0.05, 0) is 0 Å². The van der Waals surface area contributed by atoms with Crippen molar-refractivity contribution < 1.29 is 39.3 Å². The molecule has 0 aromatic carbocycles. The number of carbonyl (C=O) groups is 2. The summed E-state index contributed by atoms with van der Waals surface area (Å²) >= 11 is 0. The Morgan fingerprint density at radius 3 is 1.10 bits per heavy atom. The molecule has 0 saturated carbocycles. The van der Waals surface area contributed by atoms with Gasteiger partial charge >= 0.3 is 19.5 Å². The van der Waals surface area contributed by atoms with Crippen LogP contribution in [0.15, 0.2) is 0 Å². The molecule has 0 aliphatic carbocycles. The van der Waals surface area contributed by atoms with E-state index >= 15 is 0 Å². The molecule has 0 N–H and O–H groups in total. The fourth-order valence-electron chi connectivity index (χ4n) is 0.623. The van der Waals surface area contributed by atoms with Gasteiger partial charge in [-0.2, -0.15) is 0 Å². The predicted molar refractivity (Wildman–Crippen MR) is 94.7 cm³/mol. The molecule has 6 nitrogen and oxygen atoms in total. The molecule has 2 aliphatic heterocycles. The number of carbonyl (C=O) groups excluding carboxylic acids is 2. The number of amides is 2. The SMILES string of the molecule is O=C([O-])N1SSCCSS1.O=C([O-])N1SSCCSS1.[Zn+2]. The zero-order valence-electron chi connectivity index (χ0n) is 10.3. The average Bonchev–Trinajstić information content (AvgIpc) is 2.84. The number of carboxylic acid groups (broad SMARTS) is 2. The molecule has 2 aliphatic rings. The maximum absolute atomic E-state index is 10.3. The van der Waals surface area contributed by atoms with Crippen molar-refractivity contribution in [3.8, 4) is 0 Å². The van der Waals surface area contributed by atoms with E-state index in [1.807, 2.05) is 0 Å². The van der Waals surface area contributed by atoms with Crippen molar-refractivity contribution in [1.82, 2.24) is 7.42 Å². The van der Waals surface area contributed by atoms with E-state index < -0.39 is 12.2 Å². The van der Waals surface area contributed by atoms with Gasteiger partial charge in [0.2, 0.25) is 0 Å². The van der Waals surface area contributed by atoms with E-state index in [0.29, 0.717) is 0 Å². The smallest absolute Gasteiger partial charge is 0.529 e. The van der Waals surface area contributed by atoms with Crippen molar-refractivity contribution in [1.29, 1.82) is 0 Å². The Hall–Kier alpha value is 1.96. The number of nitrogens with zero attached hydrogens (tertiary/aromatic N) is 2. The first-order chi connectivity index (χ1) is 9.61. The van der Waals surface area contributed by atoms with Crippen molar-refractivity contribution in [2.45, 2.75) is 0 Å². The van der Waals surface area contributed by atoms with Gasteiger partial charge in [-0.15, -0.1) is 0 Å². The molecule has 15 heteroatoms. The van der Waals surface area contributed by atoms with Crippen LogP contribution in [0.3, 0.4) is 0 Å². The second-order valence-corrected chi connectivity index (χ2v) is 12.3. The second-order valence-electron chi connectivity index (χ2n) is 2.63. The van der Waals surface area contributed by atoms with Gasteiger partial charge in [-0.1, -0.05) is 43.2 Å². The van der Waals surface area contributed by atoms with Gasteiger partial charge in [0.25, 0.3) is 0 Å². The Morgan fingerprint density at radius 2 is 0.905 bits per heavy atom. The third-order valence-electron chi connectivity index (χ3n) is 1.28. The monoisotopic (exact) mass is 492 g/mol. The van der Waals surface area contributed by atoms with E-state index in [2.05, 4.69) is 0 Å². The molecule has 2 saturated heterocycles. The predicted octanol–water partition coefficient (Wildman–Crippen LogP) is 2.47. The molecule has 2 amide bonds. The molecule has 21 heavy (non-hydrogen) atoms. The van der Waals surface area contributed by atoms with Crippen molar-refractivity contribution in [3.63, 3.8) is 0 Å². The molecular weight excluding hydrogens is 486 g/mol. The normalized spacial score (nSPS) is 19.2. The van der Waals surface area contributed by atoms with Gasteiger partial charge in [0.1, 0.15) is 0 Å². The van der Waals surface area contributed by atoms with Crippen LogP contribution in [0.5, 0.6) is 0 Å². The fraction of sp³-hybridized carbons (Fsp3) is 0.667. The van der Waals surface area contributed by atoms with Crippen molar-refractivity contribution in [2.75, 3.05) is 23.0 Å². The van der Waals surface area contributed by atoms with Crippen LogP contribution in [0.25, 0.3) is 0 Å². The van der Waals surface area contributed by atoms with Crippen molar-refractivity contribution in [3.05, 3.63) is 0 Å². The first-order valence-electron chi connectivity index (χ1n) is 4.82. The summed E-state index contributed by atoms with van der Waals surface area (Å²) in [6.07, 6.45) is -2.26. The summed E-state index contributed by atoms with van der Waals surface area (Å²) in [4.78, 5) is 20.5. The summed E-state index contributed by atoms with van der Waals surface area (Å²) in [5, 5.41) is 20.5. The standard InChI is InChI=1S/2C3H5NO2S4.Zn/c2*5-3(6)4-9-7-1-2-8-10-4;/h2*1-2H2,(H,5,6);/q;;+2/p-2. The summed E-state index contributed by atoms with van der Waals surface area (Å²) < 4.78 is 2.31. The average molecular weight is 494 g/mol. The Kier molecular flexibility index (Phi) is 15.7. The summed E-state index contributed by atoms with van der Waals surface area (Å²) in [6.45, 7) is 0. The molecule has 0 atom stereocenters. The number of hydrogen-bond donors (Lipinski definition) is 0. The van der Waals surface area contributed by atoms with Crippen LogP contribution in [0.4, 0.5) is 9.59 Å². The Bertz CT molecular complexity index is 283. The molecule has 0 aromatic heterocycles. The molecule has 2 fully saturated rings. The van der Waals surface area contributed by atoms with E-state index in [9.17, 15) is 19.8 Å². The summed E-state index contributed by atoms with van der Waals surface area (Å²) in [5.74, 6) is 3.91. The largest absolute Gasteiger partial charge is 2.00 e. The van der Waals surface area contributed by atoms with Gasteiger partial charge in [0, 0.05) is 66.9 Å². The van der Waals surface area contributed by atoms with Gasteiger partial charge in [0.15, 0.2) is 12.2 Å². The van der Waals surface area contributed by atoms with Gasteiger partial charge in [-0.25, -0.2) is 7.42 Å². The Balaban J connectivity index is 0.000000364. The first-order valence-corrected chi connectivity index (χ1v) is 13.9. The molecule has 2 rings (SSSR count). The molecule has 116 valence electrons. The first kappa shape index (κ1) is 23.0. The van der Waals surface area contributed by atoms with Crippen LogP contribution in [0.1, 0.15) is 0 Å². The maximum Gasteiger partial charge on any atom is 2.00 e. The third-order valence-corrected chi connectivity index (χ3v) is 11.9. The van der Waals surface area contributed by atoms with E-state index in [4.69, 9.17) is 0 Å². The fourth-order valence-corrected chi connectivity index (χ4v) is 11.4.